The first kappa shape index (κ1) is 12.9. The fourth-order valence-electron chi connectivity index (χ4n) is 1.04. The molecular formula is C10H15BrN4O. The largest absolute Gasteiger partial charge is 0.361 e. The van der Waals surface area contributed by atoms with Crippen LogP contribution >= 0.6 is 15.9 Å². The maximum absolute atomic E-state index is 11.4. The van der Waals surface area contributed by atoms with Crippen molar-refractivity contribution in [2.75, 3.05) is 26.0 Å². The number of nitrogens with zero attached hydrogens (tertiary/aromatic N) is 3. The molecule has 5 nitrogen and oxygen atoms in total. The average Bonchev–Trinajstić information content (AvgIpc) is 2.24. The number of likely N-dealkylation sites (N-methyl/N-ethyl adjacent to an activating group) is 1. The van der Waals surface area contributed by atoms with Crippen LogP contribution in [-0.4, -0.2) is 41.4 Å². The van der Waals surface area contributed by atoms with E-state index >= 15 is 0 Å². The lowest BCUT2D eigenvalue weighted by Crippen LogP contribution is -2.28. The second-order valence-corrected chi connectivity index (χ2v) is 4.30. The van der Waals surface area contributed by atoms with Gasteiger partial charge in [0.1, 0.15) is 16.2 Å². The highest BCUT2D eigenvalue weighted by Gasteiger charge is 2.05. The zero-order valence-electron chi connectivity index (χ0n) is 9.62. The minimum Gasteiger partial charge on any atom is -0.361 e. The third-order valence-corrected chi connectivity index (χ3v) is 2.38. The highest BCUT2D eigenvalue weighted by Crippen LogP contribution is 2.12. The van der Waals surface area contributed by atoms with Crippen LogP contribution in [0.2, 0.25) is 0 Å². The van der Waals surface area contributed by atoms with Gasteiger partial charge in [-0.3, -0.25) is 4.79 Å². The molecule has 6 heteroatoms. The number of amides is 1. The number of anilines is 1. The minimum atomic E-state index is 0.00721. The summed E-state index contributed by atoms with van der Waals surface area (Å²) in [5.74, 6) is 1.41. The van der Waals surface area contributed by atoms with E-state index in [1.165, 1.54) is 4.90 Å². The minimum absolute atomic E-state index is 0.00721. The number of hydrogen-bond acceptors (Lipinski definition) is 4. The number of aryl methyl sites for hydroxylation is 1. The van der Waals surface area contributed by atoms with Crippen molar-refractivity contribution in [2.24, 2.45) is 0 Å². The van der Waals surface area contributed by atoms with Crippen molar-refractivity contribution in [3.8, 4) is 0 Å². The van der Waals surface area contributed by atoms with Crippen LogP contribution in [0.25, 0.3) is 0 Å². The molecule has 0 saturated carbocycles. The van der Waals surface area contributed by atoms with Crippen molar-refractivity contribution in [1.29, 1.82) is 0 Å². The molecule has 0 spiro atoms. The van der Waals surface area contributed by atoms with Gasteiger partial charge in [-0.05, 0) is 15.9 Å². The zero-order chi connectivity index (χ0) is 12.1. The molecule has 0 atom stereocenters. The topological polar surface area (TPSA) is 58.1 Å². The first-order valence-corrected chi connectivity index (χ1v) is 5.79. The van der Waals surface area contributed by atoms with E-state index < -0.39 is 0 Å². The van der Waals surface area contributed by atoms with Gasteiger partial charge in [-0.1, -0.05) is 6.92 Å². The van der Waals surface area contributed by atoms with Gasteiger partial charge in [-0.25, -0.2) is 9.97 Å². The van der Waals surface area contributed by atoms with Crippen molar-refractivity contribution < 1.29 is 4.79 Å². The summed E-state index contributed by atoms with van der Waals surface area (Å²) in [6.45, 7) is 2.22. The first-order chi connectivity index (χ1) is 7.52. The number of carbonyl (C=O) groups excluding carboxylic acids is 1. The highest BCUT2D eigenvalue weighted by molar-refractivity contribution is 9.10. The second-order valence-electron chi connectivity index (χ2n) is 3.49. The van der Waals surface area contributed by atoms with Crippen LogP contribution in [-0.2, 0) is 11.2 Å². The van der Waals surface area contributed by atoms with Gasteiger partial charge in [-0.15, -0.1) is 0 Å². The molecule has 0 aromatic carbocycles. The van der Waals surface area contributed by atoms with E-state index in [9.17, 15) is 4.79 Å². The first-order valence-electron chi connectivity index (χ1n) is 5.00. The maximum atomic E-state index is 11.4. The molecule has 0 aliphatic carbocycles. The van der Waals surface area contributed by atoms with Crippen molar-refractivity contribution >= 4 is 27.7 Å². The smallest absolute Gasteiger partial charge is 0.241 e. The molecule has 1 rings (SSSR count). The molecule has 1 amide bonds. The Morgan fingerprint density at radius 2 is 2.19 bits per heavy atom. The Kier molecular flexibility index (Phi) is 4.67. The van der Waals surface area contributed by atoms with E-state index in [2.05, 4.69) is 31.2 Å². The van der Waals surface area contributed by atoms with Crippen LogP contribution in [0, 0.1) is 0 Å². The summed E-state index contributed by atoms with van der Waals surface area (Å²) in [7, 11) is 3.44. The molecule has 1 aromatic heterocycles. The van der Waals surface area contributed by atoms with Crippen LogP contribution in [0.3, 0.4) is 0 Å². The SMILES string of the molecule is CCc1nc(Br)cc(NCC(=O)N(C)C)n1. The molecule has 0 saturated heterocycles. The molecule has 88 valence electrons. The average molecular weight is 287 g/mol. The van der Waals surface area contributed by atoms with Gasteiger partial charge in [-0.2, -0.15) is 0 Å². The Labute approximate surface area is 103 Å². The summed E-state index contributed by atoms with van der Waals surface area (Å²) in [6.07, 6.45) is 0.760. The molecular weight excluding hydrogens is 272 g/mol. The monoisotopic (exact) mass is 286 g/mol. The van der Waals surface area contributed by atoms with Gasteiger partial charge in [0.15, 0.2) is 0 Å². The molecule has 0 fully saturated rings. The summed E-state index contributed by atoms with van der Waals surface area (Å²) in [5, 5.41) is 2.97. The lowest BCUT2D eigenvalue weighted by atomic mass is 10.4. The summed E-state index contributed by atoms with van der Waals surface area (Å²) >= 11 is 3.30. The molecule has 1 heterocycles. The highest BCUT2D eigenvalue weighted by atomic mass is 79.9. The van der Waals surface area contributed by atoms with Gasteiger partial charge in [0.25, 0.3) is 0 Å². The molecule has 0 aliphatic heterocycles. The van der Waals surface area contributed by atoms with Crippen LogP contribution in [0.1, 0.15) is 12.7 Å². The van der Waals surface area contributed by atoms with Crippen LogP contribution in [0.4, 0.5) is 5.82 Å². The van der Waals surface area contributed by atoms with Crippen molar-refractivity contribution in [3.05, 3.63) is 16.5 Å². The Bertz CT molecular complexity index is 381. The number of nitrogens with one attached hydrogen (secondary N) is 1. The van der Waals surface area contributed by atoms with Crippen molar-refractivity contribution in [1.82, 2.24) is 14.9 Å². The van der Waals surface area contributed by atoms with Crippen molar-refractivity contribution in [2.45, 2.75) is 13.3 Å². The zero-order valence-corrected chi connectivity index (χ0v) is 11.2. The van der Waals surface area contributed by atoms with Gasteiger partial charge < -0.3 is 10.2 Å². The van der Waals surface area contributed by atoms with Gasteiger partial charge in [0.2, 0.25) is 5.91 Å². The number of aromatic nitrogens is 2. The predicted octanol–water partition coefficient (Wildman–Crippen LogP) is 1.30. The van der Waals surface area contributed by atoms with E-state index in [-0.39, 0.29) is 12.5 Å². The Morgan fingerprint density at radius 3 is 2.75 bits per heavy atom. The maximum Gasteiger partial charge on any atom is 0.241 e. The Morgan fingerprint density at radius 1 is 1.50 bits per heavy atom. The molecule has 1 N–H and O–H groups in total. The van der Waals surface area contributed by atoms with Crippen LogP contribution in [0.15, 0.2) is 10.7 Å². The van der Waals surface area contributed by atoms with E-state index in [0.717, 1.165) is 16.8 Å². The standard InChI is InChI=1S/C10H15BrN4O/c1-4-8-13-7(11)5-9(14-8)12-6-10(16)15(2)3/h5H,4,6H2,1-3H3,(H,12,13,14). The molecule has 0 radical (unpaired) electrons. The Balaban J connectivity index is 2.67. The third kappa shape index (κ3) is 3.77. The fraction of sp³-hybridized carbons (Fsp3) is 0.500. The van der Waals surface area contributed by atoms with Crippen molar-refractivity contribution in [3.63, 3.8) is 0 Å². The van der Waals surface area contributed by atoms with E-state index in [1.807, 2.05) is 6.92 Å². The van der Waals surface area contributed by atoms with E-state index in [0.29, 0.717) is 5.82 Å². The lowest BCUT2D eigenvalue weighted by molar-refractivity contribution is -0.126. The predicted molar refractivity (Wildman–Crippen MR) is 66.3 cm³/mol. The summed E-state index contributed by atoms with van der Waals surface area (Å²) in [6, 6.07) is 1.75. The number of rotatable bonds is 4. The van der Waals surface area contributed by atoms with Gasteiger partial charge in [0.05, 0.1) is 6.54 Å². The summed E-state index contributed by atoms with van der Waals surface area (Å²) in [5.41, 5.74) is 0. The van der Waals surface area contributed by atoms with E-state index in [4.69, 9.17) is 0 Å². The van der Waals surface area contributed by atoms with Crippen LogP contribution < -0.4 is 5.32 Å². The molecule has 0 aliphatic rings. The molecule has 1 aromatic rings. The summed E-state index contributed by atoms with van der Waals surface area (Å²) < 4.78 is 0.721. The van der Waals surface area contributed by atoms with Gasteiger partial charge >= 0.3 is 0 Å². The van der Waals surface area contributed by atoms with Crippen LogP contribution in [0.5, 0.6) is 0 Å². The number of halogens is 1. The normalized spacial score (nSPS) is 10.0. The summed E-state index contributed by atoms with van der Waals surface area (Å²) in [4.78, 5) is 21.3. The number of carbonyl (C=O) groups is 1. The second kappa shape index (κ2) is 5.79. The number of hydrogen-bond donors (Lipinski definition) is 1. The Hall–Kier alpha value is -1.17. The fourth-order valence-corrected chi connectivity index (χ4v) is 1.46. The molecule has 0 bridgehead atoms. The lowest BCUT2D eigenvalue weighted by Gasteiger charge is -2.11. The van der Waals surface area contributed by atoms with E-state index in [1.54, 1.807) is 20.2 Å². The molecule has 0 unspecified atom stereocenters. The van der Waals surface area contributed by atoms with Gasteiger partial charge in [0, 0.05) is 26.6 Å². The molecule has 16 heavy (non-hydrogen) atoms. The quantitative estimate of drug-likeness (QED) is 0.848. The third-order valence-electron chi connectivity index (χ3n) is 1.98.